The van der Waals surface area contributed by atoms with Crippen LogP contribution in [0.3, 0.4) is 0 Å². The summed E-state index contributed by atoms with van der Waals surface area (Å²) in [6.45, 7) is 3.47. The van der Waals surface area contributed by atoms with Crippen LogP contribution in [0.25, 0.3) is 0 Å². The fraction of sp³-hybridized carbons (Fsp3) is 0.235. The van der Waals surface area contributed by atoms with Crippen LogP contribution in [0.15, 0.2) is 30.3 Å². The summed E-state index contributed by atoms with van der Waals surface area (Å²) in [5.41, 5.74) is 0.0952. The topological polar surface area (TPSA) is 77.5 Å². The van der Waals surface area contributed by atoms with Crippen molar-refractivity contribution in [2.24, 2.45) is 0 Å². The molecule has 1 aromatic heterocycles. The molecule has 0 radical (unpaired) electrons. The van der Waals surface area contributed by atoms with Crippen molar-refractivity contribution in [2.75, 3.05) is 18.5 Å². The molecule has 2 rings (SSSR count). The highest BCUT2D eigenvalue weighted by atomic mass is 32.1. The van der Waals surface area contributed by atoms with E-state index in [0.717, 1.165) is 11.3 Å². The summed E-state index contributed by atoms with van der Waals surface area (Å²) in [6.07, 6.45) is 0. The summed E-state index contributed by atoms with van der Waals surface area (Å²) in [6, 6.07) is 9.28. The van der Waals surface area contributed by atoms with Crippen molar-refractivity contribution < 1.29 is 19.1 Å². The van der Waals surface area contributed by atoms with Crippen molar-refractivity contribution >= 4 is 28.3 Å². The minimum absolute atomic E-state index is 0.0952. The molecule has 1 heterocycles. The van der Waals surface area contributed by atoms with Crippen LogP contribution >= 0.6 is 11.3 Å². The van der Waals surface area contributed by atoms with Crippen LogP contribution in [0.2, 0.25) is 0 Å². The van der Waals surface area contributed by atoms with E-state index in [9.17, 15) is 9.59 Å². The number of para-hydroxylation sites is 1. The lowest BCUT2D eigenvalue weighted by Gasteiger charge is -1.99. The van der Waals surface area contributed by atoms with Gasteiger partial charge < -0.3 is 14.8 Å². The fourth-order valence-corrected chi connectivity index (χ4v) is 2.57. The lowest BCUT2D eigenvalue weighted by molar-refractivity contribution is -0.114. The summed E-state index contributed by atoms with van der Waals surface area (Å²) in [5.74, 6) is 5.54. The monoisotopic (exact) mass is 344 g/mol. The summed E-state index contributed by atoms with van der Waals surface area (Å²) in [7, 11) is 0. The van der Waals surface area contributed by atoms with Crippen LogP contribution in [0.1, 0.15) is 29.2 Å². The first-order valence-corrected chi connectivity index (χ1v) is 8.04. The Labute approximate surface area is 143 Å². The molecule has 124 valence electrons. The number of benzene rings is 1. The zero-order valence-corrected chi connectivity index (χ0v) is 14.1. The fourth-order valence-electron chi connectivity index (χ4n) is 1.70. The second-order valence-corrected chi connectivity index (χ2v) is 5.50. The lowest BCUT2D eigenvalue weighted by atomic mass is 10.3. The molecule has 2 aromatic rings. The number of rotatable bonds is 5. The van der Waals surface area contributed by atoms with Gasteiger partial charge in [-0.1, -0.05) is 35.5 Å². The van der Waals surface area contributed by atoms with Gasteiger partial charge in [0.1, 0.15) is 17.2 Å². The normalized spacial score (nSPS) is 9.58. The molecule has 7 heteroatoms. The molecule has 1 amide bonds. The van der Waals surface area contributed by atoms with Gasteiger partial charge in [0, 0.05) is 6.92 Å². The van der Waals surface area contributed by atoms with Gasteiger partial charge in [-0.25, -0.2) is 9.78 Å². The summed E-state index contributed by atoms with van der Waals surface area (Å²) in [4.78, 5) is 27.6. The van der Waals surface area contributed by atoms with E-state index in [1.165, 1.54) is 6.92 Å². The van der Waals surface area contributed by atoms with Crippen LogP contribution in [-0.4, -0.2) is 30.1 Å². The van der Waals surface area contributed by atoms with E-state index in [-0.39, 0.29) is 24.8 Å². The first-order valence-electron chi connectivity index (χ1n) is 7.22. The Morgan fingerprint density at radius 2 is 2.04 bits per heavy atom. The average Bonchev–Trinajstić information content (AvgIpc) is 2.95. The third kappa shape index (κ3) is 5.11. The second kappa shape index (κ2) is 8.70. The number of carbonyl (C=O) groups excluding carboxylic acids is 2. The van der Waals surface area contributed by atoms with Crippen molar-refractivity contribution in [1.82, 2.24) is 4.98 Å². The smallest absolute Gasteiger partial charge is 0.359 e. The molecule has 0 aliphatic heterocycles. The minimum atomic E-state index is -0.571. The highest BCUT2D eigenvalue weighted by Crippen LogP contribution is 2.23. The number of amides is 1. The number of nitrogens with one attached hydrogen (secondary N) is 1. The van der Waals surface area contributed by atoms with Crippen LogP contribution in [0, 0.1) is 11.8 Å². The molecule has 1 aromatic carbocycles. The van der Waals surface area contributed by atoms with Crippen molar-refractivity contribution in [1.29, 1.82) is 0 Å². The first kappa shape index (κ1) is 17.5. The zero-order valence-electron chi connectivity index (χ0n) is 13.3. The van der Waals surface area contributed by atoms with E-state index in [1.54, 1.807) is 6.92 Å². The Hall–Kier alpha value is -2.85. The molecule has 0 spiro atoms. The highest BCUT2D eigenvalue weighted by Gasteiger charge is 2.18. The van der Waals surface area contributed by atoms with E-state index in [2.05, 4.69) is 22.1 Å². The lowest BCUT2D eigenvalue weighted by Crippen LogP contribution is -2.08. The van der Waals surface area contributed by atoms with E-state index < -0.39 is 5.97 Å². The Morgan fingerprint density at radius 3 is 2.71 bits per heavy atom. The van der Waals surface area contributed by atoms with E-state index in [1.807, 2.05) is 30.3 Å². The molecule has 0 aliphatic rings. The number of aromatic nitrogens is 1. The second-order valence-electron chi connectivity index (χ2n) is 4.50. The number of hydrogen-bond acceptors (Lipinski definition) is 6. The zero-order chi connectivity index (χ0) is 17.4. The van der Waals surface area contributed by atoms with Crippen molar-refractivity contribution in [3.63, 3.8) is 0 Å². The van der Waals surface area contributed by atoms with Gasteiger partial charge in [-0.15, -0.1) is 0 Å². The molecule has 0 saturated heterocycles. The van der Waals surface area contributed by atoms with Crippen LogP contribution in [0.5, 0.6) is 5.75 Å². The first-order chi connectivity index (χ1) is 11.6. The maximum atomic E-state index is 11.9. The van der Waals surface area contributed by atoms with Crippen molar-refractivity contribution in [2.45, 2.75) is 13.8 Å². The SMILES string of the molecule is CCOC(=O)c1nc(NC(C)=O)sc1C#CCOc1ccccc1. The molecular formula is C17H16N2O4S. The van der Waals surface area contributed by atoms with Gasteiger partial charge in [-0.2, -0.15) is 0 Å². The Morgan fingerprint density at radius 1 is 1.29 bits per heavy atom. The van der Waals surface area contributed by atoms with Crippen LogP contribution < -0.4 is 10.1 Å². The largest absolute Gasteiger partial charge is 0.481 e. The van der Waals surface area contributed by atoms with Crippen molar-refractivity contribution in [3.05, 3.63) is 40.9 Å². The molecule has 6 nitrogen and oxygen atoms in total. The van der Waals surface area contributed by atoms with Gasteiger partial charge in [0.05, 0.1) is 6.61 Å². The number of anilines is 1. The van der Waals surface area contributed by atoms with E-state index in [4.69, 9.17) is 9.47 Å². The summed E-state index contributed by atoms with van der Waals surface area (Å²) >= 11 is 1.12. The molecule has 0 saturated carbocycles. The van der Waals surface area contributed by atoms with Gasteiger partial charge in [0.25, 0.3) is 0 Å². The summed E-state index contributed by atoms with van der Waals surface area (Å²) in [5, 5.41) is 2.84. The Kier molecular flexibility index (Phi) is 6.34. The van der Waals surface area contributed by atoms with Gasteiger partial charge in [-0.05, 0) is 25.0 Å². The molecule has 0 aliphatic carbocycles. The number of carbonyl (C=O) groups is 2. The molecule has 0 unspecified atom stereocenters. The third-order valence-corrected chi connectivity index (χ3v) is 3.52. The molecule has 0 fully saturated rings. The standard InChI is InChI=1S/C17H16N2O4S/c1-3-22-16(21)15-14(24-17(19-15)18-12(2)20)10-7-11-23-13-8-5-4-6-9-13/h4-6,8-9H,3,11H2,1-2H3,(H,18,19,20). The average molecular weight is 344 g/mol. The van der Waals surface area contributed by atoms with Gasteiger partial charge in [0.15, 0.2) is 10.8 Å². The summed E-state index contributed by atoms with van der Waals surface area (Å²) < 4.78 is 10.4. The van der Waals surface area contributed by atoms with E-state index >= 15 is 0 Å². The Bertz CT molecular complexity index is 775. The predicted molar refractivity (Wildman–Crippen MR) is 91.2 cm³/mol. The minimum Gasteiger partial charge on any atom is -0.481 e. The Balaban J connectivity index is 2.12. The molecule has 1 N–H and O–H groups in total. The van der Waals surface area contributed by atoms with Crippen molar-refractivity contribution in [3.8, 4) is 17.6 Å². The number of thiazole rings is 1. The number of hydrogen-bond donors (Lipinski definition) is 1. The maximum Gasteiger partial charge on any atom is 0.359 e. The van der Waals surface area contributed by atoms with Gasteiger partial charge >= 0.3 is 5.97 Å². The quantitative estimate of drug-likeness (QED) is 0.666. The molecule has 24 heavy (non-hydrogen) atoms. The predicted octanol–water partition coefficient (Wildman–Crippen LogP) is 2.71. The third-order valence-electron chi connectivity index (χ3n) is 2.64. The number of nitrogens with zero attached hydrogens (tertiary/aromatic N) is 1. The molecule has 0 bridgehead atoms. The van der Waals surface area contributed by atoms with E-state index in [0.29, 0.717) is 15.8 Å². The maximum absolute atomic E-state index is 11.9. The molecular weight excluding hydrogens is 328 g/mol. The van der Waals surface area contributed by atoms with Crippen LogP contribution in [-0.2, 0) is 9.53 Å². The van der Waals surface area contributed by atoms with Gasteiger partial charge in [0.2, 0.25) is 5.91 Å². The highest BCUT2D eigenvalue weighted by molar-refractivity contribution is 7.16. The van der Waals surface area contributed by atoms with Crippen LogP contribution in [0.4, 0.5) is 5.13 Å². The number of ether oxygens (including phenoxy) is 2. The number of esters is 1. The molecule has 0 atom stereocenters. The van der Waals surface area contributed by atoms with Gasteiger partial charge in [-0.3, -0.25) is 4.79 Å².